The van der Waals surface area contributed by atoms with Crippen molar-refractivity contribution in [2.24, 2.45) is 0 Å². The van der Waals surface area contributed by atoms with Gasteiger partial charge in [0.1, 0.15) is 0 Å². The topological polar surface area (TPSA) is 0 Å². The Morgan fingerprint density at radius 1 is 1.58 bits per heavy atom. The molecule has 66 valence electrons. The summed E-state index contributed by atoms with van der Waals surface area (Å²) >= 11 is 5.68. The minimum atomic E-state index is -0.307. The average molecular weight is 343 g/mol. The Hall–Kier alpha value is 0.360. The van der Waals surface area contributed by atoms with E-state index in [1.54, 1.807) is 0 Å². The Balaban J connectivity index is 3.07. The molecule has 1 aromatic carbocycles. The molecule has 1 atom stereocenters. The Labute approximate surface area is 93.8 Å². The highest BCUT2D eigenvalue weighted by atomic mass is 127. The lowest BCUT2D eigenvalue weighted by Gasteiger charge is -2.10. The Bertz CT molecular complexity index is 275. The van der Waals surface area contributed by atoms with Crippen LogP contribution >= 0.6 is 38.5 Å². The zero-order valence-corrected chi connectivity index (χ0v) is 10.4. The van der Waals surface area contributed by atoms with Gasteiger partial charge < -0.3 is 0 Å². The molecular formula is C9H9BrFI. The molecule has 0 aromatic heterocycles. The third kappa shape index (κ3) is 2.19. The SMILES string of the molecule is CC(CF)c1cccc(I)c1Br. The molecule has 0 spiro atoms. The Morgan fingerprint density at radius 2 is 2.25 bits per heavy atom. The predicted octanol–water partition coefficient (Wildman–Crippen LogP) is 4.13. The number of hydrogen-bond donors (Lipinski definition) is 0. The molecule has 0 aliphatic carbocycles. The molecule has 0 bridgehead atoms. The van der Waals surface area contributed by atoms with E-state index in [-0.39, 0.29) is 12.6 Å². The van der Waals surface area contributed by atoms with E-state index >= 15 is 0 Å². The van der Waals surface area contributed by atoms with Crippen LogP contribution in [-0.2, 0) is 0 Å². The van der Waals surface area contributed by atoms with Crippen LogP contribution in [0.2, 0.25) is 0 Å². The first-order valence-electron chi connectivity index (χ1n) is 3.66. The minimum Gasteiger partial charge on any atom is -0.250 e. The molecule has 0 radical (unpaired) electrons. The van der Waals surface area contributed by atoms with Crippen molar-refractivity contribution < 1.29 is 4.39 Å². The molecule has 0 saturated carbocycles. The Kier molecular flexibility index (Phi) is 3.96. The zero-order valence-electron chi connectivity index (χ0n) is 6.65. The van der Waals surface area contributed by atoms with Gasteiger partial charge in [-0.3, -0.25) is 4.39 Å². The maximum absolute atomic E-state index is 12.4. The van der Waals surface area contributed by atoms with E-state index in [1.807, 2.05) is 25.1 Å². The van der Waals surface area contributed by atoms with Gasteiger partial charge in [-0.2, -0.15) is 0 Å². The van der Waals surface area contributed by atoms with Gasteiger partial charge in [0, 0.05) is 14.0 Å². The second-order valence-corrected chi connectivity index (χ2v) is 4.65. The van der Waals surface area contributed by atoms with Crippen LogP contribution in [0.1, 0.15) is 18.4 Å². The lowest BCUT2D eigenvalue weighted by molar-refractivity contribution is 0.446. The summed E-state index contributed by atoms with van der Waals surface area (Å²) in [6, 6.07) is 5.91. The summed E-state index contributed by atoms with van der Waals surface area (Å²) in [7, 11) is 0. The number of alkyl halides is 1. The first-order chi connectivity index (χ1) is 5.66. The van der Waals surface area contributed by atoms with Gasteiger partial charge in [-0.25, -0.2) is 0 Å². The van der Waals surface area contributed by atoms with Crippen LogP contribution < -0.4 is 0 Å². The summed E-state index contributed by atoms with van der Waals surface area (Å²) < 4.78 is 14.5. The number of halogens is 3. The molecule has 0 amide bonds. The number of hydrogen-bond acceptors (Lipinski definition) is 0. The lowest BCUT2D eigenvalue weighted by Crippen LogP contribution is -1.97. The van der Waals surface area contributed by atoms with E-state index in [0.29, 0.717) is 0 Å². The summed E-state index contributed by atoms with van der Waals surface area (Å²) in [6.07, 6.45) is 0. The minimum absolute atomic E-state index is 0.0194. The van der Waals surface area contributed by atoms with E-state index in [1.165, 1.54) is 0 Å². The van der Waals surface area contributed by atoms with Crippen molar-refractivity contribution in [1.29, 1.82) is 0 Å². The van der Waals surface area contributed by atoms with Crippen molar-refractivity contribution in [3.05, 3.63) is 31.8 Å². The van der Waals surface area contributed by atoms with E-state index in [2.05, 4.69) is 38.5 Å². The van der Waals surface area contributed by atoms with Crippen LogP contribution in [0.5, 0.6) is 0 Å². The van der Waals surface area contributed by atoms with Gasteiger partial charge >= 0.3 is 0 Å². The highest BCUT2D eigenvalue weighted by Gasteiger charge is 2.10. The van der Waals surface area contributed by atoms with Crippen LogP contribution in [0.15, 0.2) is 22.7 Å². The fourth-order valence-electron chi connectivity index (χ4n) is 0.984. The van der Waals surface area contributed by atoms with Gasteiger partial charge in [-0.1, -0.05) is 19.1 Å². The molecule has 1 aromatic rings. The molecule has 0 fully saturated rings. The number of benzene rings is 1. The number of rotatable bonds is 2. The van der Waals surface area contributed by atoms with Gasteiger partial charge in [0.15, 0.2) is 0 Å². The van der Waals surface area contributed by atoms with Crippen LogP contribution in [0.4, 0.5) is 4.39 Å². The van der Waals surface area contributed by atoms with Crippen LogP contribution in [0, 0.1) is 3.57 Å². The first kappa shape index (κ1) is 10.4. The molecule has 0 aliphatic rings. The van der Waals surface area contributed by atoms with Crippen LogP contribution in [0.25, 0.3) is 0 Å². The van der Waals surface area contributed by atoms with Crippen LogP contribution in [-0.4, -0.2) is 6.67 Å². The molecule has 3 heteroatoms. The molecular weight excluding hydrogens is 334 g/mol. The Morgan fingerprint density at radius 3 is 2.83 bits per heavy atom. The normalized spacial score (nSPS) is 13.0. The standard InChI is InChI=1S/C9H9BrFI/c1-6(5-11)7-3-2-4-8(12)9(7)10/h2-4,6H,5H2,1H3. The third-order valence-electron chi connectivity index (χ3n) is 1.74. The second kappa shape index (κ2) is 4.56. The molecule has 12 heavy (non-hydrogen) atoms. The summed E-state index contributed by atoms with van der Waals surface area (Å²) in [5.41, 5.74) is 1.05. The molecule has 0 heterocycles. The molecule has 0 nitrogen and oxygen atoms in total. The average Bonchev–Trinajstić information content (AvgIpc) is 2.08. The second-order valence-electron chi connectivity index (χ2n) is 2.70. The van der Waals surface area contributed by atoms with Crippen molar-refractivity contribution in [3.63, 3.8) is 0 Å². The maximum atomic E-state index is 12.4. The first-order valence-corrected chi connectivity index (χ1v) is 5.54. The fraction of sp³-hybridized carbons (Fsp3) is 0.333. The summed E-state index contributed by atoms with van der Waals surface area (Å²) in [5.74, 6) is -0.0194. The van der Waals surface area contributed by atoms with Crippen molar-refractivity contribution in [2.75, 3.05) is 6.67 Å². The largest absolute Gasteiger partial charge is 0.250 e. The third-order valence-corrected chi connectivity index (χ3v) is 4.27. The summed E-state index contributed by atoms with van der Waals surface area (Å²) in [6.45, 7) is 1.58. The monoisotopic (exact) mass is 342 g/mol. The molecule has 1 rings (SSSR count). The highest BCUT2D eigenvalue weighted by molar-refractivity contribution is 14.1. The molecule has 0 aliphatic heterocycles. The van der Waals surface area contributed by atoms with Crippen molar-refractivity contribution in [2.45, 2.75) is 12.8 Å². The quantitative estimate of drug-likeness (QED) is 0.709. The van der Waals surface area contributed by atoms with Gasteiger partial charge in [-0.15, -0.1) is 0 Å². The fourth-order valence-corrected chi connectivity index (χ4v) is 2.16. The van der Waals surface area contributed by atoms with E-state index in [9.17, 15) is 4.39 Å². The van der Waals surface area contributed by atoms with Crippen molar-refractivity contribution in [3.8, 4) is 0 Å². The van der Waals surface area contributed by atoms with E-state index < -0.39 is 0 Å². The van der Waals surface area contributed by atoms with E-state index in [4.69, 9.17) is 0 Å². The van der Waals surface area contributed by atoms with Crippen molar-refractivity contribution in [1.82, 2.24) is 0 Å². The van der Waals surface area contributed by atoms with Gasteiger partial charge in [0.25, 0.3) is 0 Å². The van der Waals surface area contributed by atoms with Crippen LogP contribution in [0.3, 0.4) is 0 Å². The van der Waals surface area contributed by atoms with E-state index in [0.717, 1.165) is 13.6 Å². The zero-order chi connectivity index (χ0) is 9.14. The molecule has 0 N–H and O–H groups in total. The summed E-state index contributed by atoms with van der Waals surface area (Å²) in [4.78, 5) is 0. The molecule has 1 unspecified atom stereocenters. The summed E-state index contributed by atoms with van der Waals surface area (Å²) in [5, 5.41) is 0. The molecule has 0 saturated heterocycles. The highest BCUT2D eigenvalue weighted by Crippen LogP contribution is 2.29. The van der Waals surface area contributed by atoms with Crippen molar-refractivity contribution >= 4 is 38.5 Å². The lowest BCUT2D eigenvalue weighted by atomic mass is 10.0. The maximum Gasteiger partial charge on any atom is 0.0960 e. The predicted molar refractivity (Wildman–Crippen MR) is 61.2 cm³/mol. The smallest absolute Gasteiger partial charge is 0.0960 e. The van der Waals surface area contributed by atoms with Gasteiger partial charge in [0.2, 0.25) is 0 Å². The van der Waals surface area contributed by atoms with Gasteiger partial charge in [-0.05, 0) is 50.2 Å². The van der Waals surface area contributed by atoms with Gasteiger partial charge in [0.05, 0.1) is 6.67 Å².